The summed E-state index contributed by atoms with van der Waals surface area (Å²) in [5, 5.41) is 1.37. The van der Waals surface area contributed by atoms with Gasteiger partial charge in [0.1, 0.15) is 11.4 Å². The molecule has 208 valence electrons. The molecular formula is C33H40FNO4. The van der Waals surface area contributed by atoms with Crippen molar-refractivity contribution >= 4 is 22.8 Å². The maximum Gasteiger partial charge on any atom is 0.411 e. The molecule has 3 atom stereocenters. The van der Waals surface area contributed by atoms with Gasteiger partial charge in [0, 0.05) is 17.8 Å². The van der Waals surface area contributed by atoms with Gasteiger partial charge in [-0.2, -0.15) is 0 Å². The van der Waals surface area contributed by atoms with Crippen LogP contribution in [0.1, 0.15) is 89.0 Å². The molecule has 1 fully saturated rings. The van der Waals surface area contributed by atoms with Gasteiger partial charge < -0.3 is 9.47 Å². The highest BCUT2D eigenvalue weighted by Crippen LogP contribution is 2.41. The smallest absolute Gasteiger partial charge is 0.411 e. The summed E-state index contributed by atoms with van der Waals surface area (Å²) in [7, 11) is 0. The summed E-state index contributed by atoms with van der Waals surface area (Å²) >= 11 is 0. The van der Waals surface area contributed by atoms with E-state index in [9.17, 15) is 14.0 Å². The van der Waals surface area contributed by atoms with Crippen molar-refractivity contribution in [2.24, 2.45) is 0 Å². The first-order valence-corrected chi connectivity index (χ1v) is 14.0. The number of rotatable bonds is 8. The molecule has 0 radical (unpaired) electrons. The number of fused-ring (bicyclic) bond motifs is 1. The maximum atomic E-state index is 14.6. The predicted octanol–water partition coefficient (Wildman–Crippen LogP) is 8.11. The number of halogens is 1. The van der Waals surface area contributed by atoms with Gasteiger partial charge in [0.25, 0.3) is 0 Å². The van der Waals surface area contributed by atoms with E-state index in [1.54, 1.807) is 12.1 Å². The topological polar surface area (TPSA) is 55.8 Å². The van der Waals surface area contributed by atoms with Gasteiger partial charge in [-0.25, -0.2) is 9.18 Å². The highest BCUT2D eigenvalue weighted by molar-refractivity contribution is 5.87. The SMILES string of the molecule is CCOC(=O)CCc1ccc([C@@H]2CCC(N(C(=O)OC(C)(C)C)[C@H](C)c3ccc(F)c4ccccc34)C2)cc1. The van der Waals surface area contributed by atoms with Crippen LogP contribution in [-0.4, -0.2) is 35.2 Å². The van der Waals surface area contributed by atoms with E-state index in [1.165, 1.54) is 11.6 Å². The molecule has 0 saturated heterocycles. The Morgan fingerprint density at radius 2 is 1.69 bits per heavy atom. The number of benzene rings is 3. The number of carbonyl (C=O) groups excluding carboxylic acids is 2. The molecule has 0 spiro atoms. The molecule has 1 unspecified atom stereocenters. The van der Waals surface area contributed by atoms with E-state index in [1.807, 2.05) is 57.7 Å². The van der Waals surface area contributed by atoms with Crippen molar-refractivity contribution in [3.05, 3.63) is 83.2 Å². The van der Waals surface area contributed by atoms with Gasteiger partial charge in [-0.1, -0.05) is 54.6 Å². The molecule has 5 nitrogen and oxygen atoms in total. The van der Waals surface area contributed by atoms with Gasteiger partial charge >= 0.3 is 12.1 Å². The lowest BCUT2D eigenvalue weighted by Gasteiger charge is -2.37. The minimum Gasteiger partial charge on any atom is -0.466 e. The van der Waals surface area contributed by atoms with Crippen molar-refractivity contribution in [2.75, 3.05) is 6.61 Å². The molecule has 1 amide bonds. The molecule has 0 aromatic heterocycles. The average molecular weight is 534 g/mol. The van der Waals surface area contributed by atoms with Crippen LogP contribution < -0.4 is 0 Å². The fourth-order valence-electron chi connectivity index (χ4n) is 5.69. The second-order valence-electron chi connectivity index (χ2n) is 11.5. The summed E-state index contributed by atoms with van der Waals surface area (Å²) in [5.74, 6) is -0.126. The Balaban J connectivity index is 1.55. The largest absolute Gasteiger partial charge is 0.466 e. The van der Waals surface area contributed by atoms with Gasteiger partial charge in [0.05, 0.1) is 12.6 Å². The Morgan fingerprint density at radius 1 is 1.00 bits per heavy atom. The molecule has 39 heavy (non-hydrogen) atoms. The van der Waals surface area contributed by atoms with E-state index in [4.69, 9.17) is 9.47 Å². The van der Waals surface area contributed by atoms with E-state index >= 15 is 0 Å². The van der Waals surface area contributed by atoms with Gasteiger partial charge in [-0.15, -0.1) is 0 Å². The molecular weight excluding hydrogens is 493 g/mol. The number of carbonyl (C=O) groups is 2. The Morgan fingerprint density at radius 3 is 2.36 bits per heavy atom. The van der Waals surface area contributed by atoms with Crippen LogP contribution in [-0.2, 0) is 20.7 Å². The minimum absolute atomic E-state index is 0.00726. The van der Waals surface area contributed by atoms with Crippen molar-refractivity contribution in [2.45, 2.75) is 90.3 Å². The summed E-state index contributed by atoms with van der Waals surface area (Å²) in [6.45, 7) is 9.85. The lowest BCUT2D eigenvalue weighted by Crippen LogP contribution is -2.44. The number of ether oxygens (including phenoxy) is 2. The summed E-state index contributed by atoms with van der Waals surface area (Å²) in [6, 6.07) is 18.9. The monoisotopic (exact) mass is 533 g/mol. The third-order valence-electron chi connectivity index (χ3n) is 7.55. The molecule has 4 rings (SSSR count). The molecule has 0 N–H and O–H groups in total. The van der Waals surface area contributed by atoms with E-state index in [-0.39, 0.29) is 30.0 Å². The van der Waals surface area contributed by atoms with Crippen LogP contribution in [0, 0.1) is 5.82 Å². The molecule has 0 heterocycles. The minimum atomic E-state index is -0.628. The van der Waals surface area contributed by atoms with Crippen LogP contribution in [0.15, 0.2) is 60.7 Å². The van der Waals surface area contributed by atoms with E-state index < -0.39 is 5.60 Å². The molecule has 3 aromatic rings. The highest BCUT2D eigenvalue weighted by atomic mass is 19.1. The highest BCUT2D eigenvalue weighted by Gasteiger charge is 2.38. The Bertz CT molecular complexity index is 1300. The second-order valence-corrected chi connectivity index (χ2v) is 11.5. The average Bonchev–Trinajstić information content (AvgIpc) is 3.37. The third kappa shape index (κ3) is 6.97. The first kappa shape index (κ1) is 28.6. The number of aryl methyl sites for hydroxylation is 1. The van der Waals surface area contributed by atoms with Crippen LogP contribution in [0.2, 0.25) is 0 Å². The number of amides is 1. The van der Waals surface area contributed by atoms with Gasteiger partial charge in [0.15, 0.2) is 0 Å². The summed E-state index contributed by atoms with van der Waals surface area (Å²) in [5.41, 5.74) is 2.62. The van der Waals surface area contributed by atoms with Crippen molar-refractivity contribution in [3.8, 4) is 0 Å². The number of esters is 1. The fourth-order valence-corrected chi connectivity index (χ4v) is 5.69. The molecule has 1 aliphatic rings. The number of nitrogens with zero attached hydrogens (tertiary/aromatic N) is 1. The van der Waals surface area contributed by atoms with E-state index in [2.05, 4.69) is 24.3 Å². The Labute approximate surface area is 231 Å². The molecule has 0 aliphatic heterocycles. The predicted molar refractivity (Wildman–Crippen MR) is 152 cm³/mol. The van der Waals surface area contributed by atoms with Gasteiger partial charge in [-0.05, 0) is 94.4 Å². The fraction of sp³-hybridized carbons (Fsp3) is 0.455. The van der Waals surface area contributed by atoms with Crippen LogP contribution in [0.3, 0.4) is 0 Å². The van der Waals surface area contributed by atoms with Crippen LogP contribution in [0.5, 0.6) is 0 Å². The summed E-state index contributed by atoms with van der Waals surface area (Å²) in [6.07, 6.45) is 3.33. The number of hydrogen-bond donors (Lipinski definition) is 0. The van der Waals surface area contributed by atoms with Crippen LogP contribution >= 0.6 is 0 Å². The van der Waals surface area contributed by atoms with Crippen molar-refractivity contribution in [1.82, 2.24) is 4.90 Å². The molecule has 0 bridgehead atoms. The quantitative estimate of drug-likeness (QED) is 0.275. The van der Waals surface area contributed by atoms with Crippen LogP contribution in [0.4, 0.5) is 9.18 Å². The molecule has 1 saturated carbocycles. The normalized spacial score (nSPS) is 18.1. The summed E-state index contributed by atoms with van der Waals surface area (Å²) in [4.78, 5) is 27.2. The zero-order chi connectivity index (χ0) is 28.2. The standard InChI is InChI=1S/C33H40FNO4/c1-6-38-31(36)20-13-23-11-14-24(15-12-23)25-16-17-26(21-25)35(32(37)39-33(3,4)5)22(2)27-18-19-30(34)29-10-8-7-9-28(27)29/h7-12,14-15,18-19,22,25-26H,6,13,16-17,20-21H2,1-5H3/t22-,25-,26?/m1/s1. The van der Waals surface area contributed by atoms with Crippen molar-refractivity contribution < 1.29 is 23.5 Å². The first-order valence-electron chi connectivity index (χ1n) is 14.0. The second kappa shape index (κ2) is 12.2. The summed E-state index contributed by atoms with van der Waals surface area (Å²) < 4.78 is 25.5. The van der Waals surface area contributed by atoms with E-state index in [0.717, 1.165) is 35.8 Å². The molecule has 6 heteroatoms. The van der Waals surface area contributed by atoms with Gasteiger partial charge in [0.2, 0.25) is 0 Å². The maximum absolute atomic E-state index is 14.6. The van der Waals surface area contributed by atoms with E-state index in [0.29, 0.717) is 30.8 Å². The van der Waals surface area contributed by atoms with Crippen LogP contribution in [0.25, 0.3) is 10.8 Å². The van der Waals surface area contributed by atoms with Gasteiger partial charge in [-0.3, -0.25) is 9.69 Å². The zero-order valence-corrected chi connectivity index (χ0v) is 23.7. The molecule has 1 aliphatic carbocycles. The first-order chi connectivity index (χ1) is 18.6. The zero-order valence-electron chi connectivity index (χ0n) is 23.7. The molecule has 3 aromatic carbocycles. The Kier molecular flexibility index (Phi) is 8.94. The van der Waals surface area contributed by atoms with Crippen molar-refractivity contribution in [3.63, 3.8) is 0 Å². The van der Waals surface area contributed by atoms with Crippen molar-refractivity contribution in [1.29, 1.82) is 0 Å². The third-order valence-corrected chi connectivity index (χ3v) is 7.55. The lowest BCUT2D eigenvalue weighted by molar-refractivity contribution is -0.143. The number of hydrogen-bond acceptors (Lipinski definition) is 4. The Hall–Kier alpha value is -3.41. The lowest BCUT2D eigenvalue weighted by atomic mass is 9.94.